The molecule has 2 aromatic rings. The molecule has 0 spiro atoms. The van der Waals surface area contributed by atoms with Crippen LogP contribution < -0.4 is 10.2 Å². The highest BCUT2D eigenvalue weighted by Gasteiger charge is 2.18. The average molecular weight is 360 g/mol. The molecular formula is C18H22ClN5O. The van der Waals surface area contributed by atoms with Gasteiger partial charge >= 0.3 is 0 Å². The van der Waals surface area contributed by atoms with Crippen LogP contribution >= 0.6 is 11.6 Å². The van der Waals surface area contributed by atoms with Crippen molar-refractivity contribution >= 4 is 29.0 Å². The molecule has 7 heteroatoms. The zero-order chi connectivity index (χ0) is 17.8. The van der Waals surface area contributed by atoms with E-state index in [2.05, 4.69) is 32.2 Å². The van der Waals surface area contributed by atoms with Crippen LogP contribution in [0.1, 0.15) is 23.0 Å². The summed E-state index contributed by atoms with van der Waals surface area (Å²) in [5, 5.41) is 11.7. The molecule has 25 heavy (non-hydrogen) atoms. The van der Waals surface area contributed by atoms with Crippen LogP contribution in [-0.2, 0) is 0 Å². The molecule has 132 valence electrons. The zero-order valence-electron chi connectivity index (χ0n) is 14.5. The molecule has 1 N–H and O–H groups in total. The molecule has 1 aliphatic heterocycles. The van der Waals surface area contributed by atoms with Gasteiger partial charge in [0.2, 0.25) is 0 Å². The highest BCUT2D eigenvalue weighted by atomic mass is 35.5. The Labute approximate surface area is 152 Å². The second kappa shape index (κ2) is 7.80. The van der Waals surface area contributed by atoms with Crippen molar-refractivity contribution in [2.75, 3.05) is 42.9 Å². The lowest BCUT2D eigenvalue weighted by Crippen LogP contribution is -2.46. The molecule has 3 rings (SSSR count). The number of anilines is 2. The number of rotatable bonds is 4. The minimum atomic E-state index is -0.291. The number of nitrogens with zero attached hydrogens (tertiary/aromatic N) is 4. The number of hydrogen-bond acceptors (Lipinski definition) is 5. The molecule has 1 aliphatic rings. The van der Waals surface area contributed by atoms with Crippen molar-refractivity contribution in [2.45, 2.75) is 13.8 Å². The number of aromatic nitrogens is 2. The molecule has 1 amide bonds. The van der Waals surface area contributed by atoms with Crippen LogP contribution in [0.2, 0.25) is 5.02 Å². The van der Waals surface area contributed by atoms with Crippen LogP contribution in [-0.4, -0.2) is 53.7 Å². The van der Waals surface area contributed by atoms with E-state index in [1.807, 2.05) is 19.1 Å². The Morgan fingerprint density at radius 1 is 1.16 bits per heavy atom. The minimum Gasteiger partial charge on any atom is -0.353 e. The summed E-state index contributed by atoms with van der Waals surface area (Å²) in [6, 6.07) is 8.95. The van der Waals surface area contributed by atoms with Gasteiger partial charge in [0.1, 0.15) is 0 Å². The molecule has 1 fully saturated rings. The number of likely N-dealkylation sites (N-methyl/N-ethyl adjacent to an activating group) is 1. The predicted octanol–water partition coefficient (Wildman–Crippen LogP) is 2.83. The van der Waals surface area contributed by atoms with Gasteiger partial charge in [0, 0.05) is 36.9 Å². The Bertz CT molecular complexity index is 742. The van der Waals surface area contributed by atoms with Crippen molar-refractivity contribution in [1.29, 1.82) is 0 Å². The van der Waals surface area contributed by atoms with Crippen molar-refractivity contribution in [3.8, 4) is 0 Å². The van der Waals surface area contributed by atoms with Crippen molar-refractivity contribution in [3.63, 3.8) is 0 Å². The fourth-order valence-electron chi connectivity index (χ4n) is 2.82. The van der Waals surface area contributed by atoms with Crippen LogP contribution in [0.5, 0.6) is 0 Å². The Balaban J connectivity index is 1.66. The maximum Gasteiger partial charge on any atom is 0.276 e. The van der Waals surface area contributed by atoms with E-state index in [9.17, 15) is 4.79 Å². The standard InChI is InChI=1S/C18H22ClN5O/c1-3-23-8-10-24(11-9-23)17-7-6-15(21-22-17)18(25)20-16-12-14(19)5-4-13(16)2/h4-7,12H,3,8-11H2,1-2H3,(H,20,25). The van der Waals surface area contributed by atoms with Crippen LogP contribution in [0.25, 0.3) is 0 Å². The molecule has 0 saturated carbocycles. The van der Waals surface area contributed by atoms with Crippen molar-refractivity contribution in [3.05, 3.63) is 46.6 Å². The average Bonchev–Trinajstić information content (AvgIpc) is 2.65. The Kier molecular flexibility index (Phi) is 5.50. The van der Waals surface area contributed by atoms with Gasteiger partial charge in [0.05, 0.1) is 0 Å². The highest BCUT2D eigenvalue weighted by Crippen LogP contribution is 2.21. The van der Waals surface area contributed by atoms with E-state index in [-0.39, 0.29) is 11.6 Å². The number of piperazine rings is 1. The first-order valence-corrected chi connectivity index (χ1v) is 8.83. The lowest BCUT2D eigenvalue weighted by Gasteiger charge is -2.34. The summed E-state index contributed by atoms with van der Waals surface area (Å²) in [7, 11) is 0. The number of benzene rings is 1. The lowest BCUT2D eigenvalue weighted by atomic mass is 10.2. The van der Waals surface area contributed by atoms with Crippen LogP contribution in [0.3, 0.4) is 0 Å². The second-order valence-electron chi connectivity index (χ2n) is 6.11. The van der Waals surface area contributed by atoms with E-state index in [0.717, 1.165) is 44.1 Å². The molecule has 6 nitrogen and oxygen atoms in total. The van der Waals surface area contributed by atoms with Crippen LogP contribution in [0, 0.1) is 6.92 Å². The summed E-state index contributed by atoms with van der Waals surface area (Å²) in [5.74, 6) is 0.520. The first-order valence-electron chi connectivity index (χ1n) is 8.45. The fraction of sp³-hybridized carbons (Fsp3) is 0.389. The molecule has 0 radical (unpaired) electrons. The maximum atomic E-state index is 12.4. The number of carbonyl (C=O) groups is 1. The van der Waals surface area contributed by atoms with Crippen molar-refractivity contribution in [1.82, 2.24) is 15.1 Å². The van der Waals surface area contributed by atoms with Crippen LogP contribution in [0.15, 0.2) is 30.3 Å². The number of amides is 1. The summed E-state index contributed by atoms with van der Waals surface area (Å²) in [4.78, 5) is 17.0. The smallest absolute Gasteiger partial charge is 0.276 e. The predicted molar refractivity (Wildman–Crippen MR) is 101 cm³/mol. The molecular weight excluding hydrogens is 338 g/mol. The summed E-state index contributed by atoms with van der Waals surface area (Å²) in [6.45, 7) is 9.05. The van der Waals surface area contributed by atoms with Crippen LogP contribution in [0.4, 0.5) is 11.5 Å². The number of nitrogens with one attached hydrogen (secondary N) is 1. The third kappa shape index (κ3) is 4.27. The van der Waals surface area contributed by atoms with Gasteiger partial charge in [-0.1, -0.05) is 24.6 Å². The monoisotopic (exact) mass is 359 g/mol. The van der Waals surface area contributed by atoms with Crippen molar-refractivity contribution in [2.24, 2.45) is 0 Å². The van der Waals surface area contributed by atoms with Gasteiger partial charge in [-0.3, -0.25) is 4.79 Å². The van der Waals surface area contributed by atoms with Gasteiger partial charge in [-0.05, 0) is 43.3 Å². The summed E-state index contributed by atoms with van der Waals surface area (Å²) in [6.07, 6.45) is 0. The molecule has 1 saturated heterocycles. The van der Waals surface area contributed by atoms with E-state index in [0.29, 0.717) is 10.7 Å². The third-order valence-corrected chi connectivity index (χ3v) is 4.71. The summed E-state index contributed by atoms with van der Waals surface area (Å²) >= 11 is 5.99. The summed E-state index contributed by atoms with van der Waals surface area (Å²) < 4.78 is 0. The van der Waals surface area contributed by atoms with Gasteiger partial charge in [-0.15, -0.1) is 10.2 Å². The second-order valence-corrected chi connectivity index (χ2v) is 6.55. The van der Waals surface area contributed by atoms with E-state index in [1.54, 1.807) is 18.2 Å². The largest absolute Gasteiger partial charge is 0.353 e. The summed E-state index contributed by atoms with van der Waals surface area (Å²) in [5.41, 5.74) is 1.91. The van der Waals surface area contributed by atoms with Gasteiger partial charge in [-0.2, -0.15) is 0 Å². The fourth-order valence-corrected chi connectivity index (χ4v) is 3.00. The molecule has 0 aliphatic carbocycles. The number of hydrogen-bond donors (Lipinski definition) is 1. The zero-order valence-corrected chi connectivity index (χ0v) is 15.3. The molecule has 0 bridgehead atoms. The molecule has 1 aromatic carbocycles. The topological polar surface area (TPSA) is 61.4 Å². The minimum absolute atomic E-state index is 0.287. The maximum absolute atomic E-state index is 12.4. The number of carbonyl (C=O) groups excluding carboxylic acids is 1. The highest BCUT2D eigenvalue weighted by molar-refractivity contribution is 6.31. The Morgan fingerprint density at radius 2 is 1.92 bits per heavy atom. The van der Waals surface area contributed by atoms with Gasteiger partial charge < -0.3 is 15.1 Å². The first kappa shape index (κ1) is 17.6. The van der Waals surface area contributed by atoms with Gasteiger partial charge in [0.15, 0.2) is 11.5 Å². The molecule has 0 unspecified atom stereocenters. The quantitative estimate of drug-likeness (QED) is 0.909. The Hall–Kier alpha value is -2.18. The normalized spacial score (nSPS) is 15.2. The molecule has 0 atom stereocenters. The van der Waals surface area contributed by atoms with E-state index in [4.69, 9.17) is 11.6 Å². The number of halogens is 1. The van der Waals surface area contributed by atoms with E-state index >= 15 is 0 Å². The van der Waals surface area contributed by atoms with Gasteiger partial charge in [-0.25, -0.2) is 0 Å². The van der Waals surface area contributed by atoms with Gasteiger partial charge in [0.25, 0.3) is 5.91 Å². The lowest BCUT2D eigenvalue weighted by molar-refractivity contribution is 0.102. The number of aryl methyl sites for hydroxylation is 1. The SMILES string of the molecule is CCN1CCN(c2ccc(C(=O)Nc3cc(Cl)ccc3C)nn2)CC1. The van der Waals surface area contributed by atoms with E-state index in [1.165, 1.54) is 0 Å². The van der Waals surface area contributed by atoms with E-state index < -0.39 is 0 Å². The molecule has 1 aromatic heterocycles. The Morgan fingerprint density at radius 3 is 2.56 bits per heavy atom. The van der Waals surface area contributed by atoms with Crippen molar-refractivity contribution < 1.29 is 4.79 Å². The first-order chi connectivity index (χ1) is 12.1. The molecule has 2 heterocycles. The third-order valence-electron chi connectivity index (χ3n) is 4.47.